The third-order valence-electron chi connectivity index (χ3n) is 5.09. The number of hydrogen-bond acceptors (Lipinski definition) is 4. The molecule has 3 rings (SSSR count). The van der Waals surface area contributed by atoms with Gasteiger partial charge in [0.1, 0.15) is 11.4 Å². The van der Waals surface area contributed by atoms with Crippen LogP contribution in [0.4, 0.5) is 0 Å². The van der Waals surface area contributed by atoms with Crippen LogP contribution in [0.1, 0.15) is 47.4 Å². The number of alkyl halides is 1. The van der Waals surface area contributed by atoms with E-state index in [9.17, 15) is 19.2 Å². The summed E-state index contributed by atoms with van der Waals surface area (Å²) in [6.07, 6.45) is 1.21. The molecule has 1 saturated heterocycles. The smallest absolute Gasteiger partial charge is 0.262 e. The predicted octanol–water partition coefficient (Wildman–Crippen LogP) is 1.41. The Kier molecular flexibility index (Phi) is 5.51. The largest absolute Gasteiger partial charge is 0.351 e. The van der Waals surface area contributed by atoms with Gasteiger partial charge in [0, 0.05) is 19.1 Å². The molecule has 0 radical (unpaired) electrons. The highest BCUT2D eigenvalue weighted by Gasteiger charge is 2.41. The number of benzene rings is 1. The van der Waals surface area contributed by atoms with Crippen molar-refractivity contribution < 1.29 is 19.2 Å². The molecule has 1 aromatic rings. The summed E-state index contributed by atoms with van der Waals surface area (Å²) in [5, 5.41) is 2.33. The second kappa shape index (κ2) is 7.68. The van der Waals surface area contributed by atoms with Gasteiger partial charge in [0.05, 0.1) is 11.1 Å². The van der Waals surface area contributed by atoms with Gasteiger partial charge < -0.3 is 10.2 Å². The molecule has 0 aliphatic carbocycles. The van der Waals surface area contributed by atoms with Crippen molar-refractivity contribution in [2.45, 2.75) is 44.1 Å². The van der Waals surface area contributed by atoms with E-state index in [0.717, 1.165) is 4.90 Å². The average Bonchev–Trinajstić information content (AvgIpc) is 2.92. The molecule has 27 heavy (non-hydrogen) atoms. The molecule has 2 aliphatic rings. The second-order valence-corrected chi connectivity index (χ2v) is 7.58. The zero-order valence-electron chi connectivity index (χ0n) is 15.3. The molecule has 2 unspecified atom stereocenters. The van der Waals surface area contributed by atoms with Crippen molar-refractivity contribution in [1.29, 1.82) is 0 Å². The topological polar surface area (TPSA) is 86.8 Å². The number of carbonyl (C=O) groups is 4. The Morgan fingerprint density at radius 3 is 2.07 bits per heavy atom. The van der Waals surface area contributed by atoms with E-state index in [0.29, 0.717) is 37.1 Å². The molecule has 0 spiro atoms. The first-order valence-corrected chi connectivity index (χ1v) is 9.45. The van der Waals surface area contributed by atoms with E-state index in [1.807, 2.05) is 0 Å². The molecule has 0 aromatic heterocycles. The summed E-state index contributed by atoms with van der Waals surface area (Å²) in [5.41, 5.74) is 0.647. The van der Waals surface area contributed by atoms with E-state index in [-0.39, 0.29) is 17.9 Å². The highest BCUT2D eigenvalue weighted by atomic mass is 35.5. The molecule has 8 heteroatoms. The Morgan fingerprint density at radius 1 is 1.07 bits per heavy atom. The van der Waals surface area contributed by atoms with Crippen LogP contribution in [0.2, 0.25) is 0 Å². The van der Waals surface area contributed by atoms with E-state index in [1.54, 1.807) is 43.0 Å². The fourth-order valence-electron chi connectivity index (χ4n) is 3.49. The van der Waals surface area contributed by atoms with Crippen molar-refractivity contribution in [2.24, 2.45) is 0 Å². The number of nitrogens with one attached hydrogen (secondary N) is 1. The molecule has 7 nitrogen and oxygen atoms in total. The van der Waals surface area contributed by atoms with Gasteiger partial charge in [-0.2, -0.15) is 0 Å². The summed E-state index contributed by atoms with van der Waals surface area (Å²) in [7, 11) is 0. The molecule has 2 atom stereocenters. The normalized spacial score (nSPS) is 19.7. The monoisotopic (exact) mass is 391 g/mol. The van der Waals surface area contributed by atoms with Crippen molar-refractivity contribution >= 4 is 35.2 Å². The quantitative estimate of drug-likeness (QED) is 0.621. The van der Waals surface area contributed by atoms with Gasteiger partial charge in [-0.15, -0.1) is 11.6 Å². The first-order chi connectivity index (χ1) is 12.8. The third kappa shape index (κ3) is 3.69. The molecular weight excluding hydrogens is 370 g/mol. The number of halogens is 1. The summed E-state index contributed by atoms with van der Waals surface area (Å²) in [6.45, 7) is 4.22. The zero-order valence-corrected chi connectivity index (χ0v) is 16.0. The van der Waals surface area contributed by atoms with Crippen molar-refractivity contribution in [1.82, 2.24) is 15.1 Å². The van der Waals surface area contributed by atoms with Crippen molar-refractivity contribution in [3.8, 4) is 0 Å². The van der Waals surface area contributed by atoms with Crippen molar-refractivity contribution in [3.63, 3.8) is 0 Å². The first kappa shape index (κ1) is 19.4. The summed E-state index contributed by atoms with van der Waals surface area (Å²) in [6, 6.07) is 5.55. The molecule has 4 amide bonds. The van der Waals surface area contributed by atoms with Crippen LogP contribution < -0.4 is 5.32 Å². The minimum atomic E-state index is -0.903. The Labute approximate surface area is 162 Å². The van der Waals surface area contributed by atoms with E-state index in [1.165, 1.54) is 0 Å². The lowest BCUT2D eigenvalue weighted by Crippen LogP contribution is -2.53. The predicted molar refractivity (Wildman–Crippen MR) is 99.5 cm³/mol. The van der Waals surface area contributed by atoms with Gasteiger partial charge in [0.25, 0.3) is 11.8 Å². The van der Waals surface area contributed by atoms with Crippen LogP contribution >= 0.6 is 11.6 Å². The molecule has 1 N–H and O–H groups in total. The number of piperidine rings is 1. The molecule has 1 aromatic carbocycles. The van der Waals surface area contributed by atoms with E-state index in [4.69, 9.17) is 11.6 Å². The van der Waals surface area contributed by atoms with Crippen LogP contribution in [0.3, 0.4) is 0 Å². The van der Waals surface area contributed by atoms with E-state index in [2.05, 4.69) is 5.32 Å². The number of hydrogen-bond donors (Lipinski definition) is 1. The summed E-state index contributed by atoms with van der Waals surface area (Å²) >= 11 is 5.83. The molecule has 2 heterocycles. The van der Waals surface area contributed by atoms with E-state index < -0.39 is 23.2 Å². The highest BCUT2D eigenvalue weighted by molar-refractivity contribution is 6.30. The summed E-state index contributed by atoms with van der Waals surface area (Å²) in [5.74, 6) is -1.38. The standard InChI is InChI=1S/C19H22ClN3O4/c1-11(20)17(25)22-9-7-13(8-10-22)21-16(24)12(2)23-18(26)14-5-3-4-6-15(14)19(23)27/h3-6,11-13H,7-10H2,1-2H3,(H,21,24). The van der Waals surface area contributed by atoms with Crippen molar-refractivity contribution in [3.05, 3.63) is 35.4 Å². The number of imide groups is 1. The molecule has 0 bridgehead atoms. The van der Waals surface area contributed by atoms with E-state index >= 15 is 0 Å². The number of nitrogens with zero attached hydrogens (tertiary/aromatic N) is 2. The molecule has 2 aliphatic heterocycles. The van der Waals surface area contributed by atoms with Gasteiger partial charge in [-0.3, -0.25) is 24.1 Å². The van der Waals surface area contributed by atoms with Gasteiger partial charge in [-0.1, -0.05) is 12.1 Å². The second-order valence-electron chi connectivity index (χ2n) is 6.93. The van der Waals surface area contributed by atoms with Crippen LogP contribution in [0, 0.1) is 0 Å². The van der Waals surface area contributed by atoms with Crippen LogP contribution in [-0.2, 0) is 9.59 Å². The summed E-state index contributed by atoms with van der Waals surface area (Å²) in [4.78, 5) is 52.2. The zero-order chi connectivity index (χ0) is 19.7. The lowest BCUT2D eigenvalue weighted by molar-refractivity contribution is -0.131. The van der Waals surface area contributed by atoms with Gasteiger partial charge in [0.15, 0.2) is 0 Å². The number of fused-ring (bicyclic) bond motifs is 1. The molecule has 0 saturated carbocycles. The maximum absolute atomic E-state index is 12.6. The van der Waals surface area contributed by atoms with Crippen LogP contribution in [0.25, 0.3) is 0 Å². The van der Waals surface area contributed by atoms with Gasteiger partial charge in [-0.25, -0.2) is 0 Å². The third-order valence-corrected chi connectivity index (χ3v) is 5.27. The number of likely N-dealkylation sites (tertiary alicyclic amines) is 1. The van der Waals surface area contributed by atoms with Crippen molar-refractivity contribution in [2.75, 3.05) is 13.1 Å². The van der Waals surface area contributed by atoms with Gasteiger partial charge in [-0.05, 0) is 38.8 Å². The highest BCUT2D eigenvalue weighted by Crippen LogP contribution is 2.24. The maximum atomic E-state index is 12.6. The SMILES string of the molecule is CC(Cl)C(=O)N1CCC(NC(=O)C(C)N2C(=O)c3ccccc3C2=O)CC1. The Bertz CT molecular complexity index is 752. The maximum Gasteiger partial charge on any atom is 0.262 e. The number of carbonyl (C=O) groups excluding carboxylic acids is 4. The molecule has 144 valence electrons. The lowest BCUT2D eigenvalue weighted by atomic mass is 10.0. The molecular formula is C19H22ClN3O4. The first-order valence-electron chi connectivity index (χ1n) is 9.01. The van der Waals surface area contributed by atoms with Crippen LogP contribution in [0.5, 0.6) is 0 Å². The fourth-order valence-corrected chi connectivity index (χ4v) is 3.63. The Hall–Kier alpha value is -2.41. The number of rotatable bonds is 4. The lowest BCUT2D eigenvalue weighted by Gasteiger charge is -2.34. The minimum absolute atomic E-state index is 0.107. The van der Waals surface area contributed by atoms with Gasteiger partial charge in [0.2, 0.25) is 11.8 Å². The Balaban J connectivity index is 1.59. The minimum Gasteiger partial charge on any atom is -0.351 e. The Morgan fingerprint density at radius 2 is 1.59 bits per heavy atom. The van der Waals surface area contributed by atoms with Crippen LogP contribution in [-0.4, -0.2) is 64.0 Å². The molecule has 1 fully saturated rings. The number of amides is 4. The fraction of sp³-hybridized carbons (Fsp3) is 0.474. The average molecular weight is 392 g/mol. The van der Waals surface area contributed by atoms with Crippen LogP contribution in [0.15, 0.2) is 24.3 Å². The summed E-state index contributed by atoms with van der Waals surface area (Å²) < 4.78 is 0. The van der Waals surface area contributed by atoms with Gasteiger partial charge >= 0.3 is 0 Å².